The monoisotopic (exact) mass is 351 g/mol. The molecule has 0 saturated heterocycles. The van der Waals surface area contributed by atoms with Gasteiger partial charge in [-0.2, -0.15) is 4.68 Å². The Kier molecular flexibility index (Phi) is 4.30. The van der Waals surface area contributed by atoms with Crippen LogP contribution in [0.2, 0.25) is 0 Å². The Bertz CT molecular complexity index is 917. The molecule has 3 aromatic rings. The molecule has 1 atom stereocenters. The molecule has 0 bridgehead atoms. The van der Waals surface area contributed by atoms with E-state index in [9.17, 15) is 0 Å². The predicted molar refractivity (Wildman–Crippen MR) is 96.4 cm³/mol. The van der Waals surface area contributed by atoms with E-state index in [0.29, 0.717) is 6.54 Å². The van der Waals surface area contributed by atoms with Crippen molar-refractivity contribution in [3.8, 4) is 17.2 Å². The minimum absolute atomic E-state index is 0.118. The van der Waals surface area contributed by atoms with Crippen molar-refractivity contribution >= 4 is 0 Å². The van der Waals surface area contributed by atoms with Crippen LogP contribution in [-0.2, 0) is 6.54 Å². The van der Waals surface area contributed by atoms with Crippen LogP contribution >= 0.6 is 0 Å². The highest BCUT2D eigenvalue weighted by Crippen LogP contribution is 2.34. The quantitative estimate of drug-likeness (QED) is 0.762. The lowest BCUT2D eigenvalue weighted by molar-refractivity contribution is 0.174. The highest BCUT2D eigenvalue weighted by Gasteiger charge is 2.17. The fourth-order valence-electron chi connectivity index (χ4n) is 3.17. The maximum atomic E-state index is 5.46. The minimum Gasteiger partial charge on any atom is -0.454 e. The normalized spacial score (nSPS) is 13.8. The number of rotatable bonds is 5. The smallest absolute Gasteiger partial charge is 0.231 e. The first kappa shape index (κ1) is 16.5. The first-order valence-corrected chi connectivity index (χ1v) is 8.60. The molecule has 7 heteroatoms. The van der Waals surface area contributed by atoms with E-state index < -0.39 is 0 Å². The Morgan fingerprint density at radius 3 is 2.69 bits per heavy atom. The van der Waals surface area contributed by atoms with Gasteiger partial charge < -0.3 is 14.8 Å². The van der Waals surface area contributed by atoms with E-state index >= 15 is 0 Å². The zero-order valence-corrected chi connectivity index (χ0v) is 15.1. The molecular formula is C19H21N5O2. The third kappa shape index (κ3) is 3.01. The second kappa shape index (κ2) is 6.76. The van der Waals surface area contributed by atoms with Gasteiger partial charge in [-0.3, -0.25) is 0 Å². The fraction of sp³-hybridized carbons (Fsp3) is 0.316. The molecule has 0 aliphatic carbocycles. The Labute approximate surface area is 151 Å². The summed E-state index contributed by atoms with van der Waals surface area (Å²) in [5, 5.41) is 15.7. The van der Waals surface area contributed by atoms with Crippen LogP contribution < -0.4 is 14.8 Å². The molecule has 0 fully saturated rings. The number of aryl methyl sites for hydroxylation is 2. The highest BCUT2D eigenvalue weighted by molar-refractivity contribution is 5.47. The average Bonchev–Trinajstić information content (AvgIpc) is 3.28. The van der Waals surface area contributed by atoms with Crippen LogP contribution in [0.1, 0.15) is 35.5 Å². The largest absolute Gasteiger partial charge is 0.454 e. The first-order chi connectivity index (χ1) is 12.6. The lowest BCUT2D eigenvalue weighted by Crippen LogP contribution is -2.21. The molecule has 0 radical (unpaired) electrons. The van der Waals surface area contributed by atoms with Crippen LogP contribution in [0, 0.1) is 13.8 Å². The van der Waals surface area contributed by atoms with Crippen molar-refractivity contribution in [1.82, 2.24) is 25.5 Å². The van der Waals surface area contributed by atoms with E-state index in [1.165, 1.54) is 0 Å². The van der Waals surface area contributed by atoms with Crippen molar-refractivity contribution < 1.29 is 9.47 Å². The van der Waals surface area contributed by atoms with E-state index in [4.69, 9.17) is 9.47 Å². The number of fused-ring (bicyclic) bond motifs is 1. The number of benzene rings is 2. The summed E-state index contributed by atoms with van der Waals surface area (Å²) in [7, 11) is 0. The van der Waals surface area contributed by atoms with Gasteiger partial charge in [0.05, 0.1) is 12.2 Å². The summed E-state index contributed by atoms with van der Waals surface area (Å²) in [5.74, 6) is 2.35. The Morgan fingerprint density at radius 2 is 1.88 bits per heavy atom. The second-order valence-electron chi connectivity index (χ2n) is 6.46. The molecule has 2 heterocycles. The minimum atomic E-state index is 0.118. The molecular weight excluding hydrogens is 330 g/mol. The highest BCUT2D eigenvalue weighted by atomic mass is 16.7. The number of aromatic nitrogens is 4. The molecule has 0 saturated carbocycles. The third-order valence-corrected chi connectivity index (χ3v) is 4.65. The van der Waals surface area contributed by atoms with Crippen LogP contribution in [0.15, 0.2) is 36.4 Å². The van der Waals surface area contributed by atoms with Crippen molar-refractivity contribution in [2.24, 2.45) is 0 Å². The van der Waals surface area contributed by atoms with E-state index in [-0.39, 0.29) is 12.8 Å². The molecule has 0 spiro atoms. The zero-order chi connectivity index (χ0) is 18.1. The number of hydrogen-bond acceptors (Lipinski definition) is 6. The second-order valence-corrected chi connectivity index (χ2v) is 6.46. The summed E-state index contributed by atoms with van der Waals surface area (Å²) in [6.45, 7) is 7.07. The zero-order valence-electron chi connectivity index (χ0n) is 15.1. The van der Waals surface area contributed by atoms with Gasteiger partial charge in [-0.1, -0.05) is 24.3 Å². The lowest BCUT2D eigenvalue weighted by Gasteiger charge is -2.15. The van der Waals surface area contributed by atoms with Crippen LogP contribution in [0.3, 0.4) is 0 Å². The molecule has 0 amide bonds. The van der Waals surface area contributed by atoms with E-state index in [0.717, 1.165) is 39.7 Å². The molecule has 7 nitrogen and oxygen atoms in total. The van der Waals surface area contributed by atoms with Crippen molar-refractivity contribution in [2.75, 3.05) is 6.79 Å². The molecule has 26 heavy (non-hydrogen) atoms. The Hall–Kier alpha value is -2.93. The SMILES string of the molecule is Cc1cccc(C)c1-n1nnnc1CNC(C)c1ccc2c(c1)OCO2. The van der Waals surface area contributed by atoms with Gasteiger partial charge in [0.2, 0.25) is 6.79 Å². The molecule has 1 aliphatic rings. The predicted octanol–water partition coefficient (Wildman–Crippen LogP) is 2.86. The molecule has 134 valence electrons. The van der Waals surface area contributed by atoms with Crippen molar-refractivity contribution in [1.29, 1.82) is 0 Å². The maximum absolute atomic E-state index is 5.46. The molecule has 2 aromatic carbocycles. The third-order valence-electron chi connectivity index (χ3n) is 4.65. The van der Waals surface area contributed by atoms with Gasteiger partial charge in [0.25, 0.3) is 0 Å². The van der Waals surface area contributed by atoms with Gasteiger partial charge in [-0.25, -0.2) is 0 Å². The number of tetrazole rings is 1. The summed E-state index contributed by atoms with van der Waals surface area (Å²) < 4.78 is 12.6. The van der Waals surface area contributed by atoms with E-state index in [1.807, 2.05) is 28.9 Å². The van der Waals surface area contributed by atoms with Crippen molar-refractivity contribution in [3.05, 3.63) is 58.9 Å². The summed E-state index contributed by atoms with van der Waals surface area (Å²) in [6.07, 6.45) is 0. The fourth-order valence-corrected chi connectivity index (χ4v) is 3.17. The topological polar surface area (TPSA) is 74.1 Å². The van der Waals surface area contributed by atoms with E-state index in [2.05, 4.69) is 53.7 Å². The van der Waals surface area contributed by atoms with Gasteiger partial charge in [-0.15, -0.1) is 5.10 Å². The van der Waals surface area contributed by atoms with E-state index in [1.54, 1.807) is 0 Å². The van der Waals surface area contributed by atoms with Crippen LogP contribution in [-0.4, -0.2) is 27.0 Å². The lowest BCUT2D eigenvalue weighted by atomic mass is 10.1. The van der Waals surface area contributed by atoms with Gasteiger partial charge in [0, 0.05) is 6.04 Å². The average molecular weight is 351 g/mol. The van der Waals surface area contributed by atoms with Gasteiger partial charge in [0.15, 0.2) is 17.3 Å². The summed E-state index contributed by atoms with van der Waals surface area (Å²) in [4.78, 5) is 0. The standard InChI is InChI=1S/C19H21N5O2/c1-12-5-4-6-13(2)19(12)24-18(21-22-23-24)10-20-14(3)15-7-8-16-17(9-15)26-11-25-16/h4-9,14,20H,10-11H2,1-3H3. The number of ether oxygens (including phenoxy) is 2. The molecule has 4 rings (SSSR count). The van der Waals surface area contributed by atoms with Gasteiger partial charge >= 0.3 is 0 Å². The molecule has 1 unspecified atom stereocenters. The Balaban J connectivity index is 1.52. The molecule has 1 N–H and O–H groups in total. The van der Waals surface area contributed by atoms with Crippen molar-refractivity contribution in [3.63, 3.8) is 0 Å². The number of nitrogens with one attached hydrogen (secondary N) is 1. The first-order valence-electron chi connectivity index (χ1n) is 8.60. The van der Waals surface area contributed by atoms with Gasteiger partial charge in [-0.05, 0) is 60.0 Å². The summed E-state index contributed by atoms with van der Waals surface area (Å²) in [6, 6.07) is 12.3. The summed E-state index contributed by atoms with van der Waals surface area (Å²) >= 11 is 0. The maximum Gasteiger partial charge on any atom is 0.231 e. The molecule has 1 aromatic heterocycles. The number of hydrogen-bond donors (Lipinski definition) is 1. The van der Waals surface area contributed by atoms with Crippen LogP contribution in [0.25, 0.3) is 5.69 Å². The number of para-hydroxylation sites is 1. The van der Waals surface area contributed by atoms with Crippen molar-refractivity contribution in [2.45, 2.75) is 33.4 Å². The van der Waals surface area contributed by atoms with Crippen LogP contribution in [0.4, 0.5) is 0 Å². The van der Waals surface area contributed by atoms with Crippen LogP contribution in [0.5, 0.6) is 11.5 Å². The van der Waals surface area contributed by atoms with Gasteiger partial charge in [0.1, 0.15) is 0 Å². The molecule has 1 aliphatic heterocycles. The summed E-state index contributed by atoms with van der Waals surface area (Å²) in [5.41, 5.74) is 4.44. The Morgan fingerprint density at radius 1 is 1.12 bits per heavy atom. The number of nitrogens with zero attached hydrogens (tertiary/aromatic N) is 4.